The minimum atomic E-state index is -0.900. The fourth-order valence-corrected chi connectivity index (χ4v) is 6.53. The largest absolute Gasteiger partial charge is 0.485 e. The maximum absolute atomic E-state index is 12.4. The molecule has 3 aromatic carbocycles. The number of nitrogen functional groups attached to an aromatic ring is 1. The second-order valence-electron chi connectivity index (χ2n) is 10.9. The number of likely N-dealkylation sites (tertiary alicyclic amines) is 1. The lowest BCUT2D eigenvalue weighted by Crippen LogP contribution is -2.44. The minimum absolute atomic E-state index is 0.110. The van der Waals surface area contributed by atoms with E-state index in [2.05, 4.69) is 29.2 Å². The van der Waals surface area contributed by atoms with Crippen molar-refractivity contribution < 1.29 is 24.2 Å². The molecular formula is C33H33N3O5. The van der Waals surface area contributed by atoms with Crippen molar-refractivity contribution in [2.24, 2.45) is 0 Å². The van der Waals surface area contributed by atoms with Crippen LogP contribution in [0.25, 0.3) is 21.9 Å². The van der Waals surface area contributed by atoms with E-state index in [4.69, 9.17) is 15.2 Å². The van der Waals surface area contributed by atoms with Gasteiger partial charge in [0.2, 0.25) is 0 Å². The molecular weight excluding hydrogens is 518 g/mol. The number of carboxylic acid groups (broad SMARTS) is 1. The first kappa shape index (κ1) is 26.6. The topological polar surface area (TPSA) is 115 Å². The number of nitrogens with two attached hydrogens (primary N) is 1. The first-order chi connectivity index (χ1) is 19.9. The molecule has 41 heavy (non-hydrogen) atoms. The molecule has 1 spiro atoms. The molecule has 1 atom stereocenters. The number of pyridine rings is 1. The van der Waals surface area contributed by atoms with Crippen molar-refractivity contribution in [3.05, 3.63) is 89.6 Å². The summed E-state index contributed by atoms with van der Waals surface area (Å²) in [5.74, 6) is 0.179. The van der Waals surface area contributed by atoms with Crippen LogP contribution in [0.15, 0.2) is 72.9 Å². The fourth-order valence-electron chi connectivity index (χ4n) is 6.53. The summed E-state index contributed by atoms with van der Waals surface area (Å²) in [5.41, 5.74) is 11.1. The Bertz CT molecular complexity index is 1630. The van der Waals surface area contributed by atoms with E-state index in [0.717, 1.165) is 46.7 Å². The lowest BCUT2D eigenvalue weighted by Gasteiger charge is -2.39. The number of para-hydroxylation sites is 1. The average Bonchev–Trinajstić information content (AvgIpc) is 3.26. The number of fused-ring (bicyclic) bond motifs is 3. The lowest BCUT2D eigenvalue weighted by atomic mass is 9.73. The molecule has 1 amide bonds. The third-order valence-corrected chi connectivity index (χ3v) is 8.52. The summed E-state index contributed by atoms with van der Waals surface area (Å²) in [6.45, 7) is 3.39. The standard InChI is InChI=1S/C33H33N3O5/c1-2-40-32(39)36-16-13-33(14-17-36)20-29(41-28-9-4-3-6-22(28)19-30(37)38)26-18-21(10-11-27(26)33)23-7-5-8-25-24(23)12-15-35-31(25)34/h3-12,15,18,29H,2,13-14,16-17,19-20H2,1H3,(H2,34,35)(H,37,38). The molecule has 1 fully saturated rings. The predicted octanol–water partition coefficient (Wildman–Crippen LogP) is 6.13. The number of carbonyl (C=O) groups is 2. The Labute approximate surface area is 238 Å². The number of aliphatic carboxylic acids is 1. The second kappa shape index (κ2) is 10.8. The molecule has 0 saturated carbocycles. The van der Waals surface area contributed by atoms with Crippen LogP contribution in [0.2, 0.25) is 0 Å². The van der Waals surface area contributed by atoms with Gasteiger partial charge in [-0.15, -0.1) is 0 Å². The summed E-state index contributed by atoms with van der Waals surface area (Å²) < 4.78 is 11.9. The van der Waals surface area contributed by atoms with Crippen molar-refractivity contribution in [3.63, 3.8) is 0 Å². The van der Waals surface area contributed by atoms with Gasteiger partial charge in [-0.1, -0.05) is 48.5 Å². The van der Waals surface area contributed by atoms with Gasteiger partial charge in [0, 0.05) is 35.7 Å². The average molecular weight is 552 g/mol. The van der Waals surface area contributed by atoms with Crippen LogP contribution in [0.1, 0.15) is 49.0 Å². The number of anilines is 1. The van der Waals surface area contributed by atoms with Gasteiger partial charge in [0.05, 0.1) is 13.0 Å². The number of benzene rings is 3. The molecule has 210 valence electrons. The minimum Gasteiger partial charge on any atom is -0.485 e. The van der Waals surface area contributed by atoms with Gasteiger partial charge in [0.25, 0.3) is 0 Å². The first-order valence-corrected chi connectivity index (χ1v) is 14.0. The first-order valence-electron chi connectivity index (χ1n) is 14.0. The number of hydrogen-bond acceptors (Lipinski definition) is 6. The molecule has 1 saturated heterocycles. The van der Waals surface area contributed by atoms with Gasteiger partial charge in [-0.3, -0.25) is 4.79 Å². The Hall–Kier alpha value is -4.59. The van der Waals surface area contributed by atoms with E-state index in [1.54, 1.807) is 17.2 Å². The van der Waals surface area contributed by atoms with Gasteiger partial charge in [0.15, 0.2) is 0 Å². The van der Waals surface area contributed by atoms with E-state index in [1.165, 1.54) is 5.56 Å². The summed E-state index contributed by atoms with van der Waals surface area (Å²) in [6.07, 6.45) is 3.42. The van der Waals surface area contributed by atoms with Crippen molar-refractivity contribution >= 4 is 28.7 Å². The maximum Gasteiger partial charge on any atom is 0.409 e. The molecule has 0 radical (unpaired) electrons. The zero-order chi connectivity index (χ0) is 28.6. The van der Waals surface area contributed by atoms with Crippen molar-refractivity contribution in [1.82, 2.24) is 9.88 Å². The summed E-state index contributed by atoms with van der Waals surface area (Å²) in [7, 11) is 0. The zero-order valence-corrected chi connectivity index (χ0v) is 23.0. The quantitative estimate of drug-likeness (QED) is 0.296. The number of carbonyl (C=O) groups excluding carboxylic acids is 1. The number of ether oxygens (including phenoxy) is 2. The van der Waals surface area contributed by atoms with Crippen molar-refractivity contribution in [1.29, 1.82) is 0 Å². The zero-order valence-electron chi connectivity index (χ0n) is 23.0. The third-order valence-electron chi connectivity index (χ3n) is 8.52. The highest BCUT2D eigenvalue weighted by Gasteiger charge is 2.47. The summed E-state index contributed by atoms with van der Waals surface area (Å²) >= 11 is 0. The molecule has 6 rings (SSSR count). The number of rotatable bonds is 6. The van der Waals surface area contributed by atoms with Gasteiger partial charge in [-0.25, -0.2) is 9.78 Å². The van der Waals surface area contributed by atoms with Crippen LogP contribution in [0.5, 0.6) is 5.75 Å². The normalized spacial score (nSPS) is 17.4. The monoisotopic (exact) mass is 551 g/mol. The van der Waals surface area contributed by atoms with Crippen LogP contribution in [0.3, 0.4) is 0 Å². The van der Waals surface area contributed by atoms with Gasteiger partial charge in [-0.05, 0) is 72.0 Å². The van der Waals surface area contributed by atoms with Crippen molar-refractivity contribution in [2.45, 2.75) is 44.1 Å². The van der Waals surface area contributed by atoms with E-state index in [-0.39, 0.29) is 24.0 Å². The SMILES string of the molecule is CCOC(=O)N1CCC2(CC1)CC(Oc1ccccc1CC(=O)O)c1cc(-c3cccc4c(N)nccc34)ccc12. The smallest absolute Gasteiger partial charge is 0.409 e. The van der Waals surface area contributed by atoms with E-state index < -0.39 is 5.97 Å². The summed E-state index contributed by atoms with van der Waals surface area (Å²) in [6, 6.07) is 22.0. The molecule has 8 nitrogen and oxygen atoms in total. The van der Waals surface area contributed by atoms with Crippen LogP contribution in [-0.2, 0) is 21.4 Å². The molecule has 1 aliphatic heterocycles. The second-order valence-corrected chi connectivity index (χ2v) is 10.9. The van der Waals surface area contributed by atoms with E-state index >= 15 is 0 Å². The predicted molar refractivity (Wildman–Crippen MR) is 157 cm³/mol. The van der Waals surface area contributed by atoms with Gasteiger partial charge < -0.3 is 25.2 Å². The van der Waals surface area contributed by atoms with Gasteiger partial charge >= 0.3 is 12.1 Å². The molecule has 3 N–H and O–H groups in total. The van der Waals surface area contributed by atoms with Crippen molar-refractivity contribution in [2.75, 3.05) is 25.4 Å². The molecule has 2 aliphatic rings. The van der Waals surface area contributed by atoms with Crippen LogP contribution in [0, 0.1) is 0 Å². The molecule has 4 aromatic rings. The number of hydrogen-bond donors (Lipinski definition) is 2. The van der Waals surface area contributed by atoms with E-state index in [9.17, 15) is 14.7 Å². The van der Waals surface area contributed by atoms with Crippen LogP contribution in [-0.4, -0.2) is 46.7 Å². The van der Waals surface area contributed by atoms with Crippen LogP contribution >= 0.6 is 0 Å². The fraction of sp³-hybridized carbons (Fsp3) is 0.303. The van der Waals surface area contributed by atoms with E-state index in [0.29, 0.717) is 36.8 Å². The highest BCUT2D eigenvalue weighted by molar-refractivity contribution is 6.01. The van der Waals surface area contributed by atoms with Gasteiger partial charge in [-0.2, -0.15) is 0 Å². The molecule has 1 aromatic heterocycles. The molecule has 0 bridgehead atoms. The Balaban J connectivity index is 1.41. The highest BCUT2D eigenvalue weighted by Crippen LogP contribution is 2.53. The van der Waals surface area contributed by atoms with Crippen LogP contribution in [0.4, 0.5) is 10.6 Å². The molecule has 1 unspecified atom stereocenters. The Kier molecular flexibility index (Phi) is 6.99. The molecule has 8 heteroatoms. The number of amides is 1. The lowest BCUT2D eigenvalue weighted by molar-refractivity contribution is -0.136. The summed E-state index contributed by atoms with van der Waals surface area (Å²) in [4.78, 5) is 30.0. The van der Waals surface area contributed by atoms with Crippen molar-refractivity contribution in [3.8, 4) is 16.9 Å². The Morgan fingerprint density at radius 3 is 2.63 bits per heavy atom. The van der Waals surface area contributed by atoms with Gasteiger partial charge in [0.1, 0.15) is 17.7 Å². The number of piperidine rings is 1. The highest BCUT2D eigenvalue weighted by atomic mass is 16.6. The summed E-state index contributed by atoms with van der Waals surface area (Å²) in [5, 5.41) is 11.4. The third kappa shape index (κ3) is 4.94. The number of nitrogens with zero attached hydrogens (tertiary/aromatic N) is 2. The van der Waals surface area contributed by atoms with Crippen LogP contribution < -0.4 is 10.5 Å². The number of carboxylic acids is 1. The Morgan fingerprint density at radius 2 is 1.85 bits per heavy atom. The maximum atomic E-state index is 12.4. The molecule has 1 aliphatic carbocycles. The molecule has 2 heterocycles. The number of aromatic nitrogens is 1. The Morgan fingerprint density at radius 1 is 1.05 bits per heavy atom. The van der Waals surface area contributed by atoms with E-state index in [1.807, 2.05) is 43.3 Å².